The Morgan fingerprint density at radius 1 is 1.09 bits per heavy atom. The molecule has 1 aliphatic rings. The molecular formula is C22H25N3O7S. The monoisotopic (exact) mass is 475 g/mol. The van der Waals surface area contributed by atoms with Crippen LogP contribution < -0.4 is 25.3 Å². The molecule has 0 fully saturated rings. The highest BCUT2D eigenvalue weighted by Crippen LogP contribution is 2.32. The number of hydrogen-bond donors (Lipinski definition) is 2. The molecule has 0 radical (unpaired) electrons. The van der Waals surface area contributed by atoms with Crippen molar-refractivity contribution in [3.8, 4) is 11.5 Å². The minimum Gasteiger partial charge on any atom is -0.486 e. The van der Waals surface area contributed by atoms with Crippen LogP contribution in [0.3, 0.4) is 0 Å². The summed E-state index contributed by atoms with van der Waals surface area (Å²) in [5.74, 6) is 0.0398. The third kappa shape index (κ3) is 4.88. The molecule has 11 heteroatoms. The zero-order chi connectivity index (χ0) is 23.8. The zero-order valence-electron chi connectivity index (χ0n) is 18.5. The van der Waals surface area contributed by atoms with Crippen LogP contribution in [0.15, 0.2) is 50.5 Å². The van der Waals surface area contributed by atoms with Gasteiger partial charge in [0.1, 0.15) is 19.3 Å². The van der Waals surface area contributed by atoms with Crippen LogP contribution in [-0.4, -0.2) is 38.1 Å². The molecule has 0 saturated carbocycles. The maximum atomic E-state index is 13.1. The summed E-state index contributed by atoms with van der Waals surface area (Å²) in [4.78, 5) is 24.6. The van der Waals surface area contributed by atoms with Crippen LogP contribution >= 0.6 is 0 Å². The first-order valence-corrected chi connectivity index (χ1v) is 11.9. The Bertz CT molecular complexity index is 1360. The minimum absolute atomic E-state index is 0.0401. The van der Waals surface area contributed by atoms with E-state index in [9.17, 15) is 18.0 Å². The largest absolute Gasteiger partial charge is 0.486 e. The molecule has 33 heavy (non-hydrogen) atoms. The molecule has 4 rings (SSSR count). The smallest absolute Gasteiger partial charge is 0.419 e. The molecule has 2 N–H and O–H groups in total. The van der Waals surface area contributed by atoms with Crippen LogP contribution in [0, 0.1) is 5.92 Å². The summed E-state index contributed by atoms with van der Waals surface area (Å²) in [6, 6.07) is 8.09. The predicted octanol–water partition coefficient (Wildman–Crippen LogP) is 2.23. The molecule has 1 unspecified atom stereocenters. The van der Waals surface area contributed by atoms with E-state index in [1.54, 1.807) is 18.2 Å². The molecule has 2 aromatic carbocycles. The van der Waals surface area contributed by atoms with Gasteiger partial charge in [0.15, 0.2) is 17.1 Å². The summed E-state index contributed by atoms with van der Waals surface area (Å²) in [7, 11) is -2.55. The van der Waals surface area contributed by atoms with Crippen molar-refractivity contribution >= 4 is 32.7 Å². The lowest BCUT2D eigenvalue weighted by atomic mass is 10.0. The molecule has 0 bridgehead atoms. The third-order valence-electron chi connectivity index (χ3n) is 5.20. The number of carbonyl (C=O) groups is 1. The van der Waals surface area contributed by atoms with Crippen molar-refractivity contribution < 1.29 is 27.1 Å². The Balaban J connectivity index is 1.56. The Kier molecular flexibility index (Phi) is 6.17. The van der Waals surface area contributed by atoms with E-state index in [1.165, 1.54) is 29.8 Å². The number of nitrogens with one attached hydrogen (secondary N) is 2. The lowest BCUT2D eigenvalue weighted by Crippen LogP contribution is -2.44. The number of aromatic nitrogens is 1. The van der Waals surface area contributed by atoms with Crippen LogP contribution in [0.4, 0.5) is 5.69 Å². The van der Waals surface area contributed by atoms with Crippen LogP contribution in [0.2, 0.25) is 0 Å². The number of hydrogen-bond acceptors (Lipinski definition) is 7. The molecule has 3 aromatic rings. The fraction of sp³-hybridized carbons (Fsp3) is 0.364. The number of carbonyl (C=O) groups excluding carboxylic acids is 1. The van der Waals surface area contributed by atoms with E-state index < -0.39 is 27.7 Å². The van der Waals surface area contributed by atoms with Crippen LogP contribution in [-0.2, 0) is 21.9 Å². The normalized spacial score (nSPS) is 14.4. The van der Waals surface area contributed by atoms with Gasteiger partial charge >= 0.3 is 5.76 Å². The van der Waals surface area contributed by atoms with Crippen molar-refractivity contribution in [2.24, 2.45) is 13.0 Å². The van der Waals surface area contributed by atoms with Gasteiger partial charge in [0.05, 0.1) is 10.4 Å². The van der Waals surface area contributed by atoms with Crippen molar-refractivity contribution in [1.82, 2.24) is 9.29 Å². The predicted molar refractivity (Wildman–Crippen MR) is 121 cm³/mol. The van der Waals surface area contributed by atoms with E-state index in [1.807, 2.05) is 13.8 Å². The van der Waals surface area contributed by atoms with Gasteiger partial charge in [-0.3, -0.25) is 9.36 Å². The Morgan fingerprint density at radius 3 is 2.55 bits per heavy atom. The number of rotatable bonds is 7. The minimum atomic E-state index is -4.08. The van der Waals surface area contributed by atoms with Gasteiger partial charge in [0.25, 0.3) is 0 Å². The fourth-order valence-electron chi connectivity index (χ4n) is 3.57. The first kappa shape index (κ1) is 22.9. The summed E-state index contributed by atoms with van der Waals surface area (Å²) in [5, 5.41) is 2.75. The first-order valence-electron chi connectivity index (χ1n) is 10.5. The van der Waals surface area contributed by atoms with Crippen molar-refractivity contribution in [3.05, 3.63) is 46.9 Å². The number of anilines is 1. The summed E-state index contributed by atoms with van der Waals surface area (Å²) in [5.41, 5.74) is 1.07. The van der Waals surface area contributed by atoms with E-state index in [-0.39, 0.29) is 22.8 Å². The molecule has 1 atom stereocenters. The topological polar surface area (TPSA) is 129 Å². The number of aryl methyl sites for hydroxylation is 1. The molecule has 2 heterocycles. The van der Waals surface area contributed by atoms with E-state index in [0.717, 1.165) is 0 Å². The quantitative estimate of drug-likeness (QED) is 0.536. The summed E-state index contributed by atoms with van der Waals surface area (Å²) in [6.45, 7) is 4.65. The highest BCUT2D eigenvalue weighted by Gasteiger charge is 2.27. The van der Waals surface area contributed by atoms with Crippen LogP contribution in [0.1, 0.15) is 20.3 Å². The average molecular weight is 476 g/mol. The van der Waals surface area contributed by atoms with Gasteiger partial charge in [0, 0.05) is 24.9 Å². The molecule has 0 spiro atoms. The third-order valence-corrected chi connectivity index (χ3v) is 6.67. The molecule has 1 aromatic heterocycles. The highest BCUT2D eigenvalue weighted by molar-refractivity contribution is 7.89. The number of amides is 1. The van der Waals surface area contributed by atoms with E-state index in [2.05, 4.69) is 10.0 Å². The summed E-state index contributed by atoms with van der Waals surface area (Å²) in [6.07, 6.45) is 0.276. The number of nitrogens with zero attached hydrogens (tertiary/aromatic N) is 1. The van der Waals surface area contributed by atoms with Crippen molar-refractivity contribution in [1.29, 1.82) is 0 Å². The van der Waals surface area contributed by atoms with Gasteiger partial charge in [0.2, 0.25) is 15.9 Å². The number of oxazole rings is 1. The second-order valence-electron chi connectivity index (χ2n) is 8.21. The highest BCUT2D eigenvalue weighted by atomic mass is 32.2. The molecule has 1 amide bonds. The first-order chi connectivity index (χ1) is 15.6. The molecule has 0 saturated heterocycles. The Labute approximate surface area is 190 Å². The SMILES string of the molecule is CC(C)CC(NS(=O)(=O)c1ccc2c(c1)oc(=O)n2C)C(=O)Nc1ccc2c(c1)OCCO2. The van der Waals surface area contributed by atoms with Gasteiger partial charge < -0.3 is 19.2 Å². The maximum Gasteiger partial charge on any atom is 0.419 e. The molecule has 1 aliphatic heterocycles. The molecule has 10 nitrogen and oxygen atoms in total. The van der Waals surface area contributed by atoms with Crippen LogP contribution in [0.25, 0.3) is 11.1 Å². The standard InChI is InChI=1S/C22H25N3O7S/c1-13(2)10-16(21(26)23-14-4-7-18-20(11-14)31-9-8-30-18)24-33(28,29)15-5-6-17-19(12-15)32-22(27)25(17)3/h4-7,11-13,16,24H,8-10H2,1-3H3,(H,23,26). The van der Waals surface area contributed by atoms with Gasteiger partial charge in [-0.1, -0.05) is 13.8 Å². The lowest BCUT2D eigenvalue weighted by molar-refractivity contribution is -0.118. The fourth-order valence-corrected chi connectivity index (χ4v) is 4.79. The van der Waals surface area contributed by atoms with E-state index >= 15 is 0 Å². The van der Waals surface area contributed by atoms with Crippen molar-refractivity contribution in [3.63, 3.8) is 0 Å². The van der Waals surface area contributed by atoms with E-state index in [4.69, 9.17) is 13.9 Å². The maximum absolute atomic E-state index is 13.1. The Hall–Kier alpha value is -3.31. The zero-order valence-corrected chi connectivity index (χ0v) is 19.3. The van der Waals surface area contributed by atoms with Gasteiger partial charge in [-0.15, -0.1) is 0 Å². The summed E-state index contributed by atoms with van der Waals surface area (Å²) < 4.78 is 46.0. The number of benzene rings is 2. The van der Waals surface area contributed by atoms with Gasteiger partial charge in [-0.2, -0.15) is 4.72 Å². The molecule has 0 aliphatic carbocycles. The average Bonchev–Trinajstić information content (AvgIpc) is 3.05. The molecule has 176 valence electrons. The molecular weight excluding hydrogens is 450 g/mol. The number of ether oxygens (including phenoxy) is 2. The second kappa shape index (κ2) is 8.91. The number of fused-ring (bicyclic) bond motifs is 2. The van der Waals surface area contributed by atoms with Crippen molar-refractivity contribution in [2.75, 3.05) is 18.5 Å². The van der Waals surface area contributed by atoms with Gasteiger partial charge in [-0.05, 0) is 36.6 Å². The van der Waals surface area contributed by atoms with Gasteiger partial charge in [-0.25, -0.2) is 13.2 Å². The lowest BCUT2D eigenvalue weighted by Gasteiger charge is -2.22. The van der Waals surface area contributed by atoms with E-state index in [0.29, 0.717) is 35.9 Å². The van der Waals surface area contributed by atoms with Crippen molar-refractivity contribution in [2.45, 2.75) is 31.2 Å². The second-order valence-corrected chi connectivity index (χ2v) is 9.92. The summed E-state index contributed by atoms with van der Waals surface area (Å²) >= 11 is 0. The Morgan fingerprint density at radius 2 is 1.82 bits per heavy atom. The van der Waals surface area contributed by atoms with Crippen LogP contribution in [0.5, 0.6) is 11.5 Å². The number of sulfonamides is 1.